The lowest BCUT2D eigenvalue weighted by atomic mass is 9.85. The average molecular weight is 489 g/mol. The fourth-order valence-corrected chi connectivity index (χ4v) is 7.32. The van der Waals surface area contributed by atoms with E-state index < -0.39 is 12.0 Å². The number of alkyl halides is 2. The monoisotopic (exact) mass is 488 g/mol. The van der Waals surface area contributed by atoms with Crippen molar-refractivity contribution in [1.29, 1.82) is 0 Å². The van der Waals surface area contributed by atoms with Crippen molar-refractivity contribution in [2.24, 2.45) is 11.8 Å². The molecule has 0 radical (unpaired) electrons. The third-order valence-electron chi connectivity index (χ3n) is 9.34. The lowest BCUT2D eigenvalue weighted by Gasteiger charge is -2.47. The number of hydrogen-bond donors (Lipinski definition) is 1. The van der Waals surface area contributed by atoms with Crippen molar-refractivity contribution in [3.8, 4) is 0 Å². The van der Waals surface area contributed by atoms with E-state index in [-0.39, 0.29) is 18.5 Å². The van der Waals surface area contributed by atoms with Crippen LogP contribution in [0.15, 0.2) is 24.3 Å². The van der Waals surface area contributed by atoms with Gasteiger partial charge in [0.25, 0.3) is 5.92 Å². The second-order valence-corrected chi connectivity index (χ2v) is 11.8. The molecule has 4 aliphatic rings. The highest BCUT2D eigenvalue weighted by Gasteiger charge is 2.51. The summed E-state index contributed by atoms with van der Waals surface area (Å²) in [7, 11) is 0. The summed E-state index contributed by atoms with van der Waals surface area (Å²) in [6.45, 7) is 11.3. The van der Waals surface area contributed by atoms with Crippen molar-refractivity contribution < 1.29 is 13.6 Å². The van der Waals surface area contributed by atoms with E-state index in [4.69, 9.17) is 0 Å². The lowest BCUT2D eigenvalue weighted by Crippen LogP contribution is -2.65. The number of nitrogens with one attached hydrogen (secondary N) is 1. The van der Waals surface area contributed by atoms with Gasteiger partial charge in [-0.05, 0) is 75.3 Å². The quantitative estimate of drug-likeness (QED) is 0.667. The van der Waals surface area contributed by atoms with Gasteiger partial charge in [0, 0.05) is 57.8 Å². The first-order chi connectivity index (χ1) is 16.7. The Hall–Kier alpha value is -1.73. The van der Waals surface area contributed by atoms with Crippen LogP contribution in [0.2, 0.25) is 0 Å². The normalized spacial score (nSPS) is 33.8. The number of hydrogen-bond acceptors (Lipinski definition) is 3. The number of aryl methyl sites for hydroxylation is 1. The van der Waals surface area contributed by atoms with Crippen LogP contribution in [0.3, 0.4) is 0 Å². The predicted molar refractivity (Wildman–Crippen MR) is 135 cm³/mol. The fourth-order valence-electron chi connectivity index (χ4n) is 7.32. The summed E-state index contributed by atoms with van der Waals surface area (Å²) in [5, 5.41) is 2.86. The summed E-state index contributed by atoms with van der Waals surface area (Å²) in [4.78, 5) is 19.7. The van der Waals surface area contributed by atoms with E-state index in [0.717, 1.165) is 45.4 Å². The molecule has 194 valence electrons. The predicted octanol–water partition coefficient (Wildman–Crippen LogP) is 4.71. The van der Waals surface area contributed by atoms with Gasteiger partial charge in [-0.25, -0.2) is 13.6 Å². The van der Waals surface area contributed by atoms with Crippen LogP contribution in [-0.4, -0.2) is 84.0 Å². The van der Waals surface area contributed by atoms with Gasteiger partial charge in [-0.15, -0.1) is 0 Å². The van der Waals surface area contributed by atoms with Crippen LogP contribution in [0.1, 0.15) is 63.0 Å². The summed E-state index contributed by atoms with van der Waals surface area (Å²) >= 11 is 0. The van der Waals surface area contributed by atoms with E-state index in [9.17, 15) is 4.79 Å². The Morgan fingerprint density at radius 1 is 1.06 bits per heavy atom. The first-order valence-corrected chi connectivity index (χ1v) is 13.7. The van der Waals surface area contributed by atoms with Gasteiger partial charge in [-0.2, -0.15) is 0 Å². The van der Waals surface area contributed by atoms with Crippen molar-refractivity contribution in [3.05, 3.63) is 35.4 Å². The second kappa shape index (κ2) is 9.97. The first kappa shape index (κ1) is 24.9. The number of benzene rings is 1. The van der Waals surface area contributed by atoms with Crippen LogP contribution >= 0.6 is 0 Å². The van der Waals surface area contributed by atoms with Crippen LogP contribution < -0.4 is 5.32 Å². The fraction of sp³-hybridized carbons (Fsp3) is 0.750. The number of piperazine rings is 1. The molecule has 2 heterocycles. The number of carbonyl (C=O) groups is 1. The molecule has 2 aliphatic carbocycles. The summed E-state index contributed by atoms with van der Waals surface area (Å²) in [5.41, 5.74) is 2.77. The molecule has 1 aromatic carbocycles. The number of nitrogens with zero attached hydrogens (tertiary/aromatic N) is 3. The molecule has 7 heteroatoms. The number of likely N-dealkylation sites (tertiary alicyclic amines) is 1. The summed E-state index contributed by atoms with van der Waals surface area (Å²) in [6, 6.07) is 7.40. The van der Waals surface area contributed by atoms with E-state index in [1.54, 1.807) is 0 Å². The van der Waals surface area contributed by atoms with E-state index in [1.807, 2.05) is 4.90 Å². The smallest absolute Gasteiger partial charge is 0.317 e. The minimum atomic E-state index is -2.86. The molecule has 4 fully saturated rings. The molecule has 1 N–H and O–H groups in total. The summed E-state index contributed by atoms with van der Waals surface area (Å²) in [6.07, 6.45) is 3.28. The Bertz CT molecular complexity index is 887. The van der Waals surface area contributed by atoms with E-state index in [2.05, 4.69) is 60.2 Å². The molecule has 2 amide bonds. The van der Waals surface area contributed by atoms with Crippen molar-refractivity contribution >= 4 is 6.03 Å². The Morgan fingerprint density at radius 3 is 2.34 bits per heavy atom. The minimum absolute atomic E-state index is 0.135. The molecule has 0 aromatic heterocycles. The van der Waals surface area contributed by atoms with Crippen LogP contribution in [0.25, 0.3) is 0 Å². The molecule has 2 saturated carbocycles. The molecule has 5 atom stereocenters. The largest absolute Gasteiger partial charge is 0.328 e. The van der Waals surface area contributed by atoms with Crippen LogP contribution in [0.4, 0.5) is 13.6 Å². The molecule has 5 rings (SSSR count). The van der Waals surface area contributed by atoms with Gasteiger partial charge in [0.05, 0.1) is 0 Å². The van der Waals surface area contributed by atoms with Crippen molar-refractivity contribution in [2.45, 2.75) is 82.8 Å². The Labute approximate surface area is 209 Å². The number of urea groups is 1. The highest BCUT2D eigenvalue weighted by Crippen LogP contribution is 2.47. The van der Waals surface area contributed by atoms with Gasteiger partial charge in [-0.1, -0.05) is 24.3 Å². The van der Waals surface area contributed by atoms with Crippen LogP contribution in [0, 0.1) is 18.8 Å². The second-order valence-electron chi connectivity index (χ2n) is 11.8. The number of halogens is 2. The lowest BCUT2D eigenvalue weighted by molar-refractivity contribution is -0.0971. The highest BCUT2D eigenvalue weighted by molar-refractivity contribution is 5.75. The number of fused-ring (bicyclic) bond motifs is 1. The molecule has 1 aromatic rings. The zero-order valence-electron chi connectivity index (χ0n) is 21.6. The van der Waals surface area contributed by atoms with E-state index in [0.29, 0.717) is 43.3 Å². The standard InChI is InChI=1S/C28H42F2N4O/c1-19(2)32-11-13-33(14-12-32)25-9-6-10-28(29,30)26(25)31-27(35)34-17-22-15-21(16-23(22)18-34)24-8-5-4-7-20(24)3/h4-5,7-8,19,21-23,25-26H,6,9-18H2,1-3H3,(H,31,35)/t21?,22-,23+,25-,26+/m0/s1. The van der Waals surface area contributed by atoms with Crippen LogP contribution in [-0.2, 0) is 0 Å². The topological polar surface area (TPSA) is 38.8 Å². The SMILES string of the molecule is Cc1ccccc1C1C[C@@H]2CN(C(=O)N[C@@H]3[C@@H](N4CCN(C(C)C)CC4)CCCC3(F)F)C[C@@H]2C1. The molecule has 0 spiro atoms. The Morgan fingerprint density at radius 2 is 1.71 bits per heavy atom. The molecule has 2 saturated heterocycles. The van der Waals surface area contributed by atoms with Gasteiger partial charge in [-0.3, -0.25) is 9.80 Å². The molecule has 5 nitrogen and oxygen atoms in total. The third-order valence-corrected chi connectivity index (χ3v) is 9.34. The number of carbonyl (C=O) groups excluding carboxylic acids is 1. The molecule has 0 bridgehead atoms. The van der Waals surface area contributed by atoms with Crippen molar-refractivity contribution in [2.75, 3.05) is 39.3 Å². The van der Waals surface area contributed by atoms with Gasteiger partial charge >= 0.3 is 6.03 Å². The molecule has 1 unspecified atom stereocenters. The van der Waals surface area contributed by atoms with Gasteiger partial charge < -0.3 is 10.2 Å². The molecular formula is C28H42F2N4O. The third kappa shape index (κ3) is 5.08. The summed E-state index contributed by atoms with van der Waals surface area (Å²) < 4.78 is 30.3. The van der Waals surface area contributed by atoms with Gasteiger partial charge in [0.15, 0.2) is 0 Å². The molecular weight excluding hydrogens is 446 g/mol. The summed E-state index contributed by atoms with van der Waals surface area (Å²) in [5.74, 6) is -1.37. The maximum atomic E-state index is 15.2. The maximum Gasteiger partial charge on any atom is 0.317 e. The molecule has 35 heavy (non-hydrogen) atoms. The van der Waals surface area contributed by atoms with Gasteiger partial charge in [0.2, 0.25) is 0 Å². The first-order valence-electron chi connectivity index (χ1n) is 13.7. The molecule has 2 aliphatic heterocycles. The van der Waals surface area contributed by atoms with E-state index >= 15 is 8.78 Å². The van der Waals surface area contributed by atoms with Crippen molar-refractivity contribution in [3.63, 3.8) is 0 Å². The average Bonchev–Trinajstić information content (AvgIpc) is 3.40. The Balaban J connectivity index is 1.20. The van der Waals surface area contributed by atoms with Crippen LogP contribution in [0.5, 0.6) is 0 Å². The zero-order chi connectivity index (χ0) is 24.7. The minimum Gasteiger partial charge on any atom is -0.328 e. The Kier molecular flexibility index (Phi) is 7.10. The van der Waals surface area contributed by atoms with E-state index in [1.165, 1.54) is 11.1 Å². The zero-order valence-corrected chi connectivity index (χ0v) is 21.6. The number of amides is 2. The van der Waals surface area contributed by atoms with Crippen molar-refractivity contribution in [1.82, 2.24) is 20.0 Å². The van der Waals surface area contributed by atoms with Gasteiger partial charge in [0.1, 0.15) is 6.04 Å². The maximum absolute atomic E-state index is 15.2. The number of rotatable bonds is 4. The highest BCUT2D eigenvalue weighted by atomic mass is 19.3.